The Hall–Kier alpha value is -3.94. The Kier molecular flexibility index (Phi) is 4.93. The molecule has 0 unspecified atom stereocenters. The Morgan fingerprint density at radius 3 is 2.65 bits per heavy atom. The smallest absolute Gasteiger partial charge is 0.421 e. The molecule has 1 fully saturated rings. The average Bonchev–Trinajstić information content (AvgIpc) is 3.22. The standard InChI is InChI=1S/C29H31N5O3/c1-16-7-10-23-21(11-16)29(26(35)34(23)27(36)37-28(3,4)5)13-22(29)18-8-9-20-19(12-18)14-30-25(20)31-24-17(2)15-33(6)32-24/h7-12,15,22H,13-14H2,1-6H3,(H,30,31,32)/t22-,29-/m0/s1. The maximum Gasteiger partial charge on any atom is 0.421 e. The first kappa shape index (κ1) is 23.5. The first-order valence-corrected chi connectivity index (χ1v) is 12.6. The van der Waals surface area contributed by atoms with Crippen LogP contribution in [0.1, 0.15) is 66.5 Å². The van der Waals surface area contributed by atoms with Gasteiger partial charge < -0.3 is 10.1 Å². The maximum atomic E-state index is 13.9. The normalized spacial score (nSPS) is 21.7. The number of nitrogens with one attached hydrogen (secondary N) is 1. The van der Waals surface area contributed by atoms with Gasteiger partial charge in [-0.05, 0) is 63.8 Å². The number of nitrogens with zero attached hydrogens (tertiary/aromatic N) is 4. The van der Waals surface area contributed by atoms with Gasteiger partial charge in [-0.2, -0.15) is 5.10 Å². The zero-order valence-electron chi connectivity index (χ0n) is 22.0. The van der Waals surface area contributed by atoms with E-state index in [9.17, 15) is 9.59 Å². The summed E-state index contributed by atoms with van der Waals surface area (Å²) in [6.45, 7) is 10.0. The van der Waals surface area contributed by atoms with E-state index in [4.69, 9.17) is 9.73 Å². The van der Waals surface area contributed by atoms with Crippen LogP contribution in [-0.4, -0.2) is 33.2 Å². The average molecular weight is 498 g/mol. The molecule has 1 saturated carbocycles. The predicted molar refractivity (Wildman–Crippen MR) is 142 cm³/mol. The second-order valence-corrected chi connectivity index (χ2v) is 11.4. The van der Waals surface area contributed by atoms with Crippen molar-refractivity contribution in [2.75, 3.05) is 10.2 Å². The minimum atomic E-state index is -0.738. The van der Waals surface area contributed by atoms with Gasteiger partial charge in [0, 0.05) is 30.3 Å². The number of benzene rings is 2. The second-order valence-electron chi connectivity index (χ2n) is 11.4. The Morgan fingerprint density at radius 1 is 1.16 bits per heavy atom. The van der Waals surface area contributed by atoms with Crippen LogP contribution in [0.15, 0.2) is 47.6 Å². The monoisotopic (exact) mass is 497 g/mol. The third kappa shape index (κ3) is 3.65. The van der Waals surface area contributed by atoms with Crippen LogP contribution in [0.4, 0.5) is 16.3 Å². The van der Waals surface area contributed by atoms with Crippen LogP contribution in [0.5, 0.6) is 0 Å². The highest BCUT2D eigenvalue weighted by atomic mass is 16.6. The number of hydrogen-bond acceptors (Lipinski definition) is 6. The van der Waals surface area contributed by atoms with Crippen molar-refractivity contribution in [3.05, 3.63) is 76.0 Å². The summed E-state index contributed by atoms with van der Waals surface area (Å²) in [6.07, 6.45) is 2.01. The van der Waals surface area contributed by atoms with E-state index in [-0.39, 0.29) is 11.8 Å². The zero-order valence-corrected chi connectivity index (χ0v) is 22.0. The van der Waals surface area contributed by atoms with Crippen molar-refractivity contribution in [3.8, 4) is 0 Å². The summed E-state index contributed by atoms with van der Waals surface area (Å²) in [5.74, 6) is 1.40. The molecule has 3 aliphatic rings. The topological polar surface area (TPSA) is 88.8 Å². The fourth-order valence-electron chi connectivity index (χ4n) is 5.71. The van der Waals surface area contributed by atoms with Crippen LogP contribution in [0.25, 0.3) is 0 Å². The van der Waals surface area contributed by atoms with Gasteiger partial charge >= 0.3 is 6.09 Å². The number of ether oxygens (including phenoxy) is 1. The van der Waals surface area contributed by atoms with Gasteiger partial charge in [0.15, 0.2) is 5.82 Å². The van der Waals surface area contributed by atoms with E-state index < -0.39 is 17.1 Å². The van der Waals surface area contributed by atoms with Gasteiger partial charge in [0.1, 0.15) is 11.4 Å². The number of hydrogen-bond donors (Lipinski definition) is 1. The lowest BCUT2D eigenvalue weighted by Gasteiger charge is -2.24. The third-order valence-corrected chi connectivity index (χ3v) is 7.44. The van der Waals surface area contributed by atoms with Crippen LogP contribution in [-0.2, 0) is 28.5 Å². The number of carbonyl (C=O) groups is 2. The molecule has 2 amide bonds. The van der Waals surface area contributed by atoms with E-state index >= 15 is 0 Å². The molecule has 1 aliphatic carbocycles. The Morgan fingerprint density at radius 2 is 1.95 bits per heavy atom. The number of aromatic nitrogens is 2. The third-order valence-electron chi connectivity index (χ3n) is 7.44. The van der Waals surface area contributed by atoms with Gasteiger partial charge in [-0.3, -0.25) is 14.5 Å². The van der Waals surface area contributed by atoms with Crippen molar-refractivity contribution in [3.63, 3.8) is 0 Å². The molecular formula is C29H31N5O3. The lowest BCUT2D eigenvalue weighted by atomic mass is 9.90. The molecular weight excluding hydrogens is 466 g/mol. The summed E-state index contributed by atoms with van der Waals surface area (Å²) in [4.78, 5) is 32.9. The molecule has 0 saturated heterocycles. The van der Waals surface area contributed by atoms with Gasteiger partial charge in [0.25, 0.3) is 0 Å². The van der Waals surface area contributed by atoms with Crippen LogP contribution >= 0.6 is 0 Å². The lowest BCUT2D eigenvalue weighted by molar-refractivity contribution is -0.120. The summed E-state index contributed by atoms with van der Waals surface area (Å²) in [5.41, 5.74) is 5.49. The second kappa shape index (κ2) is 7.78. The van der Waals surface area contributed by atoms with E-state index in [0.717, 1.165) is 45.0 Å². The molecule has 8 nitrogen and oxygen atoms in total. The van der Waals surface area contributed by atoms with Crippen LogP contribution in [0.3, 0.4) is 0 Å². The molecule has 0 bridgehead atoms. The van der Waals surface area contributed by atoms with Crippen molar-refractivity contribution in [1.82, 2.24) is 9.78 Å². The van der Waals surface area contributed by atoms with Crippen LogP contribution in [0, 0.1) is 13.8 Å². The predicted octanol–water partition coefficient (Wildman–Crippen LogP) is 5.12. The number of amidine groups is 1. The van der Waals surface area contributed by atoms with Gasteiger partial charge in [-0.15, -0.1) is 0 Å². The quantitative estimate of drug-likeness (QED) is 0.531. The summed E-state index contributed by atoms with van der Waals surface area (Å²) in [7, 11) is 1.90. The van der Waals surface area contributed by atoms with E-state index in [1.165, 1.54) is 4.90 Å². The highest BCUT2D eigenvalue weighted by Gasteiger charge is 2.68. The fourth-order valence-corrected chi connectivity index (χ4v) is 5.71. The van der Waals surface area contributed by atoms with Gasteiger partial charge in [-0.1, -0.05) is 35.9 Å². The molecule has 1 aromatic heterocycles. The van der Waals surface area contributed by atoms with Crippen LogP contribution in [0.2, 0.25) is 0 Å². The Labute approximate surface area is 216 Å². The van der Waals surface area contributed by atoms with E-state index in [1.54, 1.807) is 4.68 Å². The minimum Gasteiger partial charge on any atom is -0.443 e. The molecule has 37 heavy (non-hydrogen) atoms. The number of fused-ring (bicyclic) bond motifs is 3. The fraction of sp³-hybridized carbons (Fsp3) is 0.379. The summed E-state index contributed by atoms with van der Waals surface area (Å²) in [6, 6.07) is 12.2. The highest BCUT2D eigenvalue weighted by molar-refractivity contribution is 6.23. The highest BCUT2D eigenvalue weighted by Crippen LogP contribution is 2.66. The lowest BCUT2D eigenvalue weighted by Crippen LogP contribution is -2.41. The van der Waals surface area contributed by atoms with Crippen LogP contribution < -0.4 is 10.2 Å². The van der Waals surface area contributed by atoms with E-state index in [0.29, 0.717) is 18.7 Å². The molecule has 2 aliphatic heterocycles. The molecule has 2 aromatic carbocycles. The molecule has 2 atom stereocenters. The SMILES string of the molecule is Cc1ccc2c(c1)[C@]1(C[C@H]1c1ccc3c(c1)CN=C3Nc1nn(C)cc1C)C(=O)N2C(=O)OC(C)(C)C. The molecule has 0 radical (unpaired) electrons. The first-order chi connectivity index (χ1) is 17.5. The maximum absolute atomic E-state index is 13.9. The number of rotatable bonds is 2. The number of anilines is 2. The summed E-state index contributed by atoms with van der Waals surface area (Å²) < 4.78 is 7.39. The number of amides is 2. The van der Waals surface area contributed by atoms with E-state index in [1.807, 2.05) is 66.1 Å². The first-order valence-electron chi connectivity index (χ1n) is 12.6. The number of aliphatic imine (C=N–C) groups is 1. The van der Waals surface area contributed by atoms with Gasteiger partial charge in [0.2, 0.25) is 5.91 Å². The molecule has 3 heterocycles. The molecule has 8 heteroatoms. The van der Waals surface area contributed by atoms with Crippen molar-refractivity contribution >= 4 is 29.3 Å². The molecule has 6 rings (SSSR count). The number of aryl methyl sites for hydroxylation is 3. The zero-order chi connectivity index (χ0) is 26.3. The Balaban J connectivity index is 1.30. The van der Waals surface area contributed by atoms with Crippen molar-refractivity contribution < 1.29 is 14.3 Å². The van der Waals surface area contributed by atoms with Gasteiger partial charge in [0.05, 0.1) is 17.6 Å². The molecule has 1 N–H and O–H groups in total. The number of carbonyl (C=O) groups excluding carboxylic acids is 2. The summed E-state index contributed by atoms with van der Waals surface area (Å²) >= 11 is 0. The molecule has 190 valence electrons. The Bertz CT molecular complexity index is 1510. The van der Waals surface area contributed by atoms with Crippen molar-refractivity contribution in [1.29, 1.82) is 0 Å². The molecule has 3 aromatic rings. The van der Waals surface area contributed by atoms with Crippen molar-refractivity contribution in [2.45, 2.75) is 64.5 Å². The van der Waals surface area contributed by atoms with E-state index in [2.05, 4.69) is 28.6 Å². The molecule has 1 spiro atoms. The summed E-state index contributed by atoms with van der Waals surface area (Å²) in [5, 5.41) is 7.84. The van der Waals surface area contributed by atoms with Gasteiger partial charge in [-0.25, -0.2) is 9.69 Å². The minimum absolute atomic E-state index is 0.00618. The van der Waals surface area contributed by atoms with Crippen molar-refractivity contribution in [2.24, 2.45) is 12.0 Å². The largest absolute Gasteiger partial charge is 0.443 e. The number of imide groups is 1.